The Morgan fingerprint density at radius 2 is 1.56 bits per heavy atom. The Morgan fingerprint density at radius 3 is 2.04 bits per heavy atom. The molecule has 0 aliphatic heterocycles. The van der Waals surface area contributed by atoms with Crippen molar-refractivity contribution in [3.63, 3.8) is 0 Å². The van der Waals surface area contributed by atoms with Gasteiger partial charge in [-0.15, -0.1) is 6.58 Å². The Hall–Kier alpha value is -2.10. The lowest BCUT2D eigenvalue weighted by atomic mass is 9.98. The van der Waals surface area contributed by atoms with E-state index in [-0.39, 0.29) is 23.8 Å². The predicted octanol–water partition coefficient (Wildman–Crippen LogP) is 4.74. The summed E-state index contributed by atoms with van der Waals surface area (Å²) in [5, 5.41) is 0. The first kappa shape index (κ1) is 20.9. The van der Waals surface area contributed by atoms with Crippen LogP contribution in [-0.4, -0.2) is 11.9 Å². The second-order valence-electron chi connectivity index (χ2n) is 7.32. The van der Waals surface area contributed by atoms with E-state index in [4.69, 9.17) is 9.47 Å². The number of carbonyl (C=O) groups excluding carboxylic acids is 2. The largest absolute Gasteiger partial charge is 0.422 e. The predicted molar refractivity (Wildman–Crippen MR) is 99.8 cm³/mol. The minimum Gasteiger partial charge on any atom is -0.422 e. The van der Waals surface area contributed by atoms with Gasteiger partial charge in [0.2, 0.25) is 0 Å². The third-order valence-electron chi connectivity index (χ3n) is 3.56. The van der Waals surface area contributed by atoms with Gasteiger partial charge >= 0.3 is 11.9 Å². The molecule has 0 saturated carbocycles. The molecule has 0 amide bonds. The highest BCUT2D eigenvalue weighted by Gasteiger charge is 2.22. The Morgan fingerprint density at radius 1 is 1.00 bits per heavy atom. The first-order valence-corrected chi connectivity index (χ1v) is 8.85. The summed E-state index contributed by atoms with van der Waals surface area (Å²) < 4.78 is 11.2. The maximum Gasteiger partial charge on any atom is 0.313 e. The maximum atomic E-state index is 12.2. The van der Waals surface area contributed by atoms with Crippen molar-refractivity contribution >= 4 is 11.9 Å². The van der Waals surface area contributed by atoms with Crippen LogP contribution in [-0.2, 0) is 22.4 Å². The zero-order valence-electron chi connectivity index (χ0n) is 16.2. The van der Waals surface area contributed by atoms with E-state index in [0.717, 1.165) is 17.5 Å². The SMILES string of the molecule is C=CCc1cc(CC(C)C)c(OC(=O)C(C)C)c(OC(=O)C(C)C)c1. The van der Waals surface area contributed by atoms with Crippen molar-refractivity contribution in [1.29, 1.82) is 0 Å². The molecule has 0 spiro atoms. The quantitative estimate of drug-likeness (QED) is 0.388. The van der Waals surface area contributed by atoms with Crippen molar-refractivity contribution in [2.24, 2.45) is 17.8 Å². The number of allylic oxidation sites excluding steroid dienone is 1. The van der Waals surface area contributed by atoms with Crippen LogP contribution in [0.2, 0.25) is 0 Å². The van der Waals surface area contributed by atoms with E-state index in [0.29, 0.717) is 23.8 Å². The van der Waals surface area contributed by atoms with Gasteiger partial charge in [-0.2, -0.15) is 0 Å². The van der Waals surface area contributed by atoms with Crippen LogP contribution in [0.5, 0.6) is 11.5 Å². The third-order valence-corrected chi connectivity index (χ3v) is 3.56. The second-order valence-corrected chi connectivity index (χ2v) is 7.32. The number of esters is 2. The molecule has 0 heterocycles. The molecule has 4 heteroatoms. The number of benzene rings is 1. The fourth-order valence-corrected chi connectivity index (χ4v) is 2.24. The first-order valence-electron chi connectivity index (χ1n) is 8.85. The summed E-state index contributed by atoms with van der Waals surface area (Å²) in [4.78, 5) is 24.3. The molecule has 138 valence electrons. The van der Waals surface area contributed by atoms with Gasteiger partial charge in [0.1, 0.15) is 0 Å². The van der Waals surface area contributed by atoms with Crippen molar-refractivity contribution < 1.29 is 19.1 Å². The molecule has 0 aromatic heterocycles. The van der Waals surface area contributed by atoms with E-state index in [1.54, 1.807) is 39.8 Å². The second kappa shape index (κ2) is 9.40. The number of rotatable bonds is 8. The minimum atomic E-state index is -0.354. The van der Waals surface area contributed by atoms with Gasteiger partial charge in [0.25, 0.3) is 0 Å². The monoisotopic (exact) mass is 346 g/mol. The van der Waals surface area contributed by atoms with E-state index in [2.05, 4.69) is 20.4 Å². The van der Waals surface area contributed by atoms with Crippen molar-refractivity contribution in [2.45, 2.75) is 54.4 Å². The zero-order chi connectivity index (χ0) is 19.1. The topological polar surface area (TPSA) is 52.6 Å². The zero-order valence-corrected chi connectivity index (χ0v) is 16.2. The Kier molecular flexibility index (Phi) is 7.88. The van der Waals surface area contributed by atoms with Crippen LogP contribution in [0.4, 0.5) is 0 Å². The standard InChI is InChI=1S/C21H30O4/c1-8-9-16-11-17(10-13(2)3)19(25-21(23)15(6)7)18(12-16)24-20(22)14(4)5/h8,11-15H,1,9-10H2,2-7H3. The number of carbonyl (C=O) groups is 2. The van der Waals surface area contributed by atoms with Gasteiger partial charge < -0.3 is 9.47 Å². The highest BCUT2D eigenvalue weighted by atomic mass is 16.6. The van der Waals surface area contributed by atoms with Gasteiger partial charge in [0.05, 0.1) is 11.8 Å². The number of ether oxygens (including phenoxy) is 2. The molecule has 1 rings (SSSR count). The Bertz CT molecular complexity index is 627. The molecule has 0 aliphatic rings. The lowest BCUT2D eigenvalue weighted by Crippen LogP contribution is -2.19. The van der Waals surface area contributed by atoms with E-state index < -0.39 is 0 Å². The molecule has 0 bridgehead atoms. The fourth-order valence-electron chi connectivity index (χ4n) is 2.24. The summed E-state index contributed by atoms with van der Waals surface area (Å²) in [5.41, 5.74) is 1.84. The summed E-state index contributed by atoms with van der Waals surface area (Å²) in [5.74, 6) is -0.212. The summed E-state index contributed by atoms with van der Waals surface area (Å²) in [6.07, 6.45) is 3.16. The van der Waals surface area contributed by atoms with Crippen LogP contribution in [0.3, 0.4) is 0 Å². The molecular weight excluding hydrogens is 316 g/mol. The van der Waals surface area contributed by atoms with Crippen molar-refractivity contribution in [3.05, 3.63) is 35.9 Å². The van der Waals surface area contributed by atoms with Crippen LogP contribution >= 0.6 is 0 Å². The molecule has 0 N–H and O–H groups in total. The molecular formula is C21H30O4. The maximum absolute atomic E-state index is 12.2. The molecule has 25 heavy (non-hydrogen) atoms. The highest BCUT2D eigenvalue weighted by Crippen LogP contribution is 2.36. The molecule has 0 radical (unpaired) electrons. The van der Waals surface area contributed by atoms with Gasteiger partial charge in [0.15, 0.2) is 11.5 Å². The average molecular weight is 346 g/mol. The smallest absolute Gasteiger partial charge is 0.313 e. The van der Waals surface area contributed by atoms with Crippen LogP contribution in [0, 0.1) is 17.8 Å². The Labute approximate surface area is 151 Å². The molecule has 1 aromatic rings. The van der Waals surface area contributed by atoms with Gasteiger partial charge in [0, 0.05) is 0 Å². The molecule has 4 nitrogen and oxygen atoms in total. The van der Waals surface area contributed by atoms with Gasteiger partial charge in [-0.1, -0.05) is 53.7 Å². The Balaban J connectivity index is 3.43. The third kappa shape index (κ3) is 6.37. The minimum absolute atomic E-state index is 0.270. The highest BCUT2D eigenvalue weighted by molar-refractivity contribution is 5.78. The number of hydrogen-bond acceptors (Lipinski definition) is 4. The lowest BCUT2D eigenvalue weighted by Gasteiger charge is -2.19. The van der Waals surface area contributed by atoms with Crippen LogP contribution < -0.4 is 9.47 Å². The molecule has 0 atom stereocenters. The van der Waals surface area contributed by atoms with Gasteiger partial charge in [-0.25, -0.2) is 0 Å². The molecule has 1 aromatic carbocycles. The van der Waals surface area contributed by atoms with Gasteiger partial charge in [-0.05, 0) is 36.0 Å². The fraction of sp³-hybridized carbons (Fsp3) is 0.524. The van der Waals surface area contributed by atoms with Crippen LogP contribution in [0.15, 0.2) is 24.8 Å². The lowest BCUT2D eigenvalue weighted by molar-refractivity contribution is -0.140. The normalized spacial score (nSPS) is 11.1. The summed E-state index contributed by atoms with van der Waals surface area (Å²) in [7, 11) is 0. The summed E-state index contributed by atoms with van der Waals surface area (Å²) >= 11 is 0. The summed E-state index contributed by atoms with van der Waals surface area (Å²) in [6, 6.07) is 3.76. The molecule has 0 fully saturated rings. The number of hydrogen-bond donors (Lipinski definition) is 0. The van der Waals surface area contributed by atoms with E-state index in [1.165, 1.54) is 0 Å². The molecule has 0 saturated heterocycles. The molecule has 0 aliphatic carbocycles. The van der Waals surface area contributed by atoms with Crippen molar-refractivity contribution in [2.75, 3.05) is 0 Å². The van der Waals surface area contributed by atoms with Crippen molar-refractivity contribution in [1.82, 2.24) is 0 Å². The first-order chi connectivity index (χ1) is 11.6. The van der Waals surface area contributed by atoms with Crippen molar-refractivity contribution in [3.8, 4) is 11.5 Å². The van der Waals surface area contributed by atoms with Crippen LogP contribution in [0.25, 0.3) is 0 Å². The average Bonchev–Trinajstić information content (AvgIpc) is 2.49. The van der Waals surface area contributed by atoms with Gasteiger partial charge in [-0.3, -0.25) is 9.59 Å². The summed E-state index contributed by atoms with van der Waals surface area (Å²) in [6.45, 7) is 15.0. The van der Waals surface area contributed by atoms with E-state index in [1.807, 2.05) is 6.07 Å². The van der Waals surface area contributed by atoms with Crippen LogP contribution in [0.1, 0.15) is 52.7 Å². The van der Waals surface area contributed by atoms with E-state index >= 15 is 0 Å². The molecule has 0 unspecified atom stereocenters. The van der Waals surface area contributed by atoms with E-state index in [9.17, 15) is 9.59 Å².